The third-order valence-corrected chi connectivity index (χ3v) is 5.16. The second-order valence-corrected chi connectivity index (χ2v) is 9.10. The highest BCUT2D eigenvalue weighted by Gasteiger charge is 2.29. The molecule has 0 unspecified atom stereocenters. The number of benzene rings is 1. The lowest BCUT2D eigenvalue weighted by molar-refractivity contribution is 0.0488. The number of carbonyl (C=O) groups is 1. The molecule has 1 fully saturated rings. The van der Waals surface area contributed by atoms with Gasteiger partial charge in [0.05, 0.1) is 6.04 Å². The molecule has 176 valence electrons. The number of carbonyl (C=O) groups excluding carboxylic acids is 1. The fraction of sp³-hybridized carbons (Fsp3) is 0.455. The molecule has 11 heteroatoms. The quantitative estimate of drug-likeness (QED) is 0.502. The fourth-order valence-corrected chi connectivity index (χ4v) is 3.76. The first kappa shape index (κ1) is 24.5. The van der Waals surface area contributed by atoms with Gasteiger partial charge in [0, 0.05) is 17.8 Å². The maximum Gasteiger partial charge on any atom is 0.407 e. The summed E-state index contributed by atoms with van der Waals surface area (Å²) in [6, 6.07) is 4.31. The Morgan fingerprint density at radius 1 is 1.15 bits per heavy atom. The number of hydrogen-bond acceptors (Lipinski definition) is 7. The monoisotopic (exact) mass is 478 g/mol. The number of nitrogens with zero attached hydrogens (tertiary/aromatic N) is 3. The Bertz CT molecular complexity index is 1050. The Hall–Kier alpha value is -3.19. The molecule has 0 aliphatic heterocycles. The smallest absolute Gasteiger partial charge is 0.407 e. The summed E-state index contributed by atoms with van der Waals surface area (Å²) >= 11 is 6.18. The zero-order valence-electron chi connectivity index (χ0n) is 18.5. The van der Waals surface area contributed by atoms with E-state index in [1.165, 1.54) is 0 Å². The van der Waals surface area contributed by atoms with Crippen molar-refractivity contribution in [3.05, 3.63) is 40.6 Å². The molecule has 0 bridgehead atoms. The number of nitrogens with one attached hydrogen (secondary N) is 3. The van der Waals surface area contributed by atoms with E-state index in [0.29, 0.717) is 0 Å². The zero-order valence-corrected chi connectivity index (χ0v) is 19.3. The molecule has 3 N–H and O–H groups in total. The number of anilines is 3. The van der Waals surface area contributed by atoms with E-state index in [-0.39, 0.29) is 40.3 Å². The van der Waals surface area contributed by atoms with Gasteiger partial charge in [0.2, 0.25) is 5.95 Å². The maximum absolute atomic E-state index is 13.6. The Morgan fingerprint density at radius 3 is 2.39 bits per heavy atom. The highest BCUT2D eigenvalue weighted by Crippen LogP contribution is 2.28. The zero-order chi connectivity index (χ0) is 24.2. The van der Waals surface area contributed by atoms with Crippen LogP contribution >= 0.6 is 11.6 Å². The minimum atomic E-state index is -0.784. The van der Waals surface area contributed by atoms with Gasteiger partial charge < -0.3 is 20.7 Å². The summed E-state index contributed by atoms with van der Waals surface area (Å²) in [5, 5.41) is 18.1. The van der Waals surface area contributed by atoms with E-state index in [2.05, 4.69) is 25.9 Å². The Kier molecular flexibility index (Phi) is 7.53. The van der Waals surface area contributed by atoms with Crippen molar-refractivity contribution >= 4 is 35.1 Å². The summed E-state index contributed by atoms with van der Waals surface area (Å²) in [6.45, 7) is 5.36. The molecule has 0 saturated heterocycles. The van der Waals surface area contributed by atoms with Crippen LogP contribution in [-0.4, -0.2) is 33.7 Å². The van der Waals surface area contributed by atoms with Crippen molar-refractivity contribution in [3.8, 4) is 6.07 Å². The van der Waals surface area contributed by atoms with Gasteiger partial charge in [-0.05, 0) is 45.7 Å². The first-order chi connectivity index (χ1) is 15.5. The van der Waals surface area contributed by atoms with E-state index < -0.39 is 23.3 Å². The summed E-state index contributed by atoms with van der Waals surface area (Å²) in [6.07, 6.45) is 2.82. The Labute approximate surface area is 195 Å². The van der Waals surface area contributed by atoms with Gasteiger partial charge in [0.25, 0.3) is 0 Å². The van der Waals surface area contributed by atoms with Crippen molar-refractivity contribution in [1.82, 2.24) is 15.3 Å². The molecule has 8 nitrogen and oxygen atoms in total. The minimum Gasteiger partial charge on any atom is -0.444 e. The molecule has 3 rings (SSSR count). The maximum atomic E-state index is 13.6. The molecule has 2 aromatic rings. The Balaban J connectivity index is 1.82. The predicted octanol–water partition coefficient (Wildman–Crippen LogP) is 5.27. The van der Waals surface area contributed by atoms with Gasteiger partial charge in [-0.3, -0.25) is 0 Å². The van der Waals surface area contributed by atoms with Gasteiger partial charge in [-0.25, -0.2) is 13.6 Å². The van der Waals surface area contributed by atoms with Crippen LogP contribution < -0.4 is 16.0 Å². The second kappa shape index (κ2) is 10.2. The van der Waals surface area contributed by atoms with Gasteiger partial charge in [0.1, 0.15) is 28.9 Å². The van der Waals surface area contributed by atoms with E-state index in [4.69, 9.17) is 16.3 Å². The van der Waals surface area contributed by atoms with E-state index in [1.807, 2.05) is 6.07 Å². The number of amides is 1. The molecule has 1 aromatic heterocycles. The topological polar surface area (TPSA) is 112 Å². The van der Waals surface area contributed by atoms with Crippen molar-refractivity contribution in [2.24, 2.45) is 0 Å². The molecule has 1 saturated carbocycles. The lowest BCUT2D eigenvalue weighted by Gasteiger charge is -2.33. The van der Waals surface area contributed by atoms with Crippen molar-refractivity contribution < 1.29 is 18.3 Å². The summed E-state index contributed by atoms with van der Waals surface area (Å²) in [5.41, 5.74) is -0.631. The number of alkyl carbamates (subject to hydrolysis) is 1. The SMILES string of the molecule is CC(C)(C)OC(=O)N[C@@H]1CCCC[C@@H]1Nc1nc(Cl)c(C#N)c(Nc2cc(F)cc(F)c2)n1. The Morgan fingerprint density at radius 2 is 1.79 bits per heavy atom. The van der Waals surface area contributed by atoms with Crippen LogP contribution in [0.4, 0.5) is 31.0 Å². The second-order valence-electron chi connectivity index (χ2n) is 8.74. The standard InChI is InChI=1S/C22H25ClF2N6O2/c1-22(2,3)33-21(32)29-17-7-5-4-6-16(17)28-20-30-18(23)15(11-26)19(31-20)27-14-9-12(24)8-13(25)10-14/h8-10,16-17H,4-7H2,1-3H3,(H,29,32)(H2,27,28,30,31)/t16-,17+/m0/s1. The molecule has 33 heavy (non-hydrogen) atoms. The first-order valence-corrected chi connectivity index (χ1v) is 10.9. The molecule has 2 atom stereocenters. The minimum absolute atomic E-state index is 0.00235. The van der Waals surface area contributed by atoms with Crippen molar-refractivity contribution in [2.45, 2.75) is 64.1 Å². The summed E-state index contributed by atoms with van der Waals surface area (Å²) < 4.78 is 32.5. The van der Waals surface area contributed by atoms with E-state index in [9.17, 15) is 18.8 Å². The third kappa shape index (κ3) is 6.89. The van der Waals surface area contributed by atoms with Gasteiger partial charge in [0.15, 0.2) is 11.0 Å². The lowest BCUT2D eigenvalue weighted by atomic mass is 9.90. The number of ether oxygens (including phenoxy) is 1. The molecule has 1 aliphatic rings. The summed E-state index contributed by atoms with van der Waals surface area (Å²) in [7, 11) is 0. The van der Waals surface area contributed by atoms with E-state index >= 15 is 0 Å². The average molecular weight is 479 g/mol. The number of nitriles is 1. The van der Waals surface area contributed by atoms with E-state index in [1.54, 1.807) is 20.8 Å². The van der Waals surface area contributed by atoms with Gasteiger partial charge in [-0.1, -0.05) is 24.4 Å². The van der Waals surface area contributed by atoms with Gasteiger partial charge in [-0.2, -0.15) is 15.2 Å². The fourth-order valence-electron chi connectivity index (χ4n) is 3.55. The van der Waals surface area contributed by atoms with Gasteiger partial charge in [-0.15, -0.1) is 0 Å². The van der Waals surface area contributed by atoms with Crippen molar-refractivity contribution in [2.75, 3.05) is 10.6 Å². The first-order valence-electron chi connectivity index (χ1n) is 10.5. The van der Waals surface area contributed by atoms with Crippen LogP contribution in [-0.2, 0) is 4.74 Å². The highest BCUT2D eigenvalue weighted by molar-refractivity contribution is 6.31. The molecule has 0 spiro atoms. The number of hydrogen-bond donors (Lipinski definition) is 3. The molecule has 0 radical (unpaired) electrons. The molecule has 1 heterocycles. The van der Waals surface area contributed by atoms with Crippen LogP contribution in [0.5, 0.6) is 0 Å². The molecule has 1 aliphatic carbocycles. The summed E-state index contributed by atoms with van der Waals surface area (Å²) in [5.74, 6) is -1.46. The van der Waals surface area contributed by atoms with E-state index in [0.717, 1.165) is 43.9 Å². The molecule has 1 amide bonds. The van der Waals surface area contributed by atoms with Crippen molar-refractivity contribution in [3.63, 3.8) is 0 Å². The number of rotatable bonds is 5. The molecule has 1 aromatic carbocycles. The number of halogens is 3. The predicted molar refractivity (Wildman–Crippen MR) is 120 cm³/mol. The van der Waals surface area contributed by atoms with Crippen LogP contribution in [0.3, 0.4) is 0 Å². The largest absolute Gasteiger partial charge is 0.444 e. The van der Waals surface area contributed by atoms with Crippen LogP contribution in [0.2, 0.25) is 5.15 Å². The van der Waals surface area contributed by atoms with Crippen LogP contribution in [0.25, 0.3) is 0 Å². The average Bonchev–Trinajstić information content (AvgIpc) is 2.67. The normalized spacial score (nSPS) is 18.2. The van der Waals surface area contributed by atoms with Crippen LogP contribution in [0.1, 0.15) is 52.0 Å². The molecular weight excluding hydrogens is 454 g/mol. The summed E-state index contributed by atoms with van der Waals surface area (Å²) in [4.78, 5) is 20.7. The molecular formula is C22H25ClF2N6O2. The van der Waals surface area contributed by atoms with Crippen molar-refractivity contribution in [1.29, 1.82) is 5.26 Å². The highest BCUT2D eigenvalue weighted by atomic mass is 35.5. The van der Waals surface area contributed by atoms with Gasteiger partial charge >= 0.3 is 6.09 Å². The third-order valence-electron chi connectivity index (χ3n) is 4.88. The lowest BCUT2D eigenvalue weighted by Crippen LogP contribution is -2.50. The van der Waals surface area contributed by atoms with Crippen LogP contribution in [0, 0.1) is 23.0 Å². The van der Waals surface area contributed by atoms with Crippen LogP contribution in [0.15, 0.2) is 18.2 Å². The number of aromatic nitrogens is 2.